The Morgan fingerprint density at radius 2 is 2.02 bits per heavy atom. The van der Waals surface area contributed by atoms with Crippen LogP contribution in [0.15, 0.2) is 55.6 Å². The summed E-state index contributed by atoms with van der Waals surface area (Å²) in [5.41, 5.74) is 0.960. The molecule has 4 heterocycles. The first-order chi connectivity index (χ1) is 20.1. The Balaban J connectivity index is 1.40. The van der Waals surface area contributed by atoms with Crippen LogP contribution in [0.4, 0.5) is 5.82 Å². The number of sulfone groups is 1. The molecule has 42 heavy (non-hydrogen) atoms. The normalized spacial score (nSPS) is 18.8. The van der Waals surface area contributed by atoms with Gasteiger partial charge in [-0.25, -0.2) is 28.4 Å². The van der Waals surface area contributed by atoms with E-state index < -0.39 is 20.6 Å². The van der Waals surface area contributed by atoms with Crippen molar-refractivity contribution in [2.45, 2.75) is 17.7 Å². The van der Waals surface area contributed by atoms with Crippen molar-refractivity contribution in [1.29, 1.82) is 0 Å². The molecule has 0 saturated carbocycles. The monoisotopic (exact) mass is 616 g/mol. The number of benzene rings is 1. The highest BCUT2D eigenvalue weighted by atomic mass is 35.5. The van der Waals surface area contributed by atoms with Crippen LogP contribution in [0, 0.1) is 0 Å². The number of amides is 1. The third-order valence-corrected chi connectivity index (χ3v) is 9.74. The van der Waals surface area contributed by atoms with Crippen molar-refractivity contribution in [1.82, 2.24) is 34.9 Å². The van der Waals surface area contributed by atoms with Gasteiger partial charge in [0.2, 0.25) is 18.6 Å². The van der Waals surface area contributed by atoms with Crippen LogP contribution in [-0.4, -0.2) is 102 Å². The molecule has 1 saturated heterocycles. The van der Waals surface area contributed by atoms with Gasteiger partial charge in [-0.2, -0.15) is 4.98 Å². The number of aromatic nitrogens is 4. The number of rotatable bonds is 11. The Bertz CT molecular complexity index is 1550. The van der Waals surface area contributed by atoms with Gasteiger partial charge in [0.05, 0.1) is 18.7 Å². The molecule has 2 aliphatic rings. The first-order valence-electron chi connectivity index (χ1n) is 13.3. The fourth-order valence-corrected chi connectivity index (χ4v) is 7.34. The van der Waals surface area contributed by atoms with Crippen LogP contribution in [-0.2, 0) is 21.1 Å². The van der Waals surface area contributed by atoms with Crippen LogP contribution in [0.5, 0.6) is 11.5 Å². The number of hydrogen-bond donors (Lipinski definition) is 1. The maximum Gasteiger partial charge on any atom is 0.238 e. The zero-order valence-electron chi connectivity index (χ0n) is 23.4. The summed E-state index contributed by atoms with van der Waals surface area (Å²) in [6, 6.07) is 7.21. The predicted octanol–water partition coefficient (Wildman–Crippen LogP) is 1.69. The Hall–Kier alpha value is -3.72. The van der Waals surface area contributed by atoms with Crippen LogP contribution in [0.25, 0.3) is 5.95 Å². The molecule has 13 nitrogen and oxygen atoms in total. The lowest BCUT2D eigenvalue weighted by atomic mass is 10.1. The molecule has 2 aromatic heterocycles. The van der Waals surface area contributed by atoms with E-state index in [9.17, 15) is 13.2 Å². The second-order valence-corrected chi connectivity index (χ2v) is 12.9. The largest absolute Gasteiger partial charge is 0.454 e. The number of piperazine rings is 1. The minimum absolute atomic E-state index is 0.0341. The number of ether oxygens (including phenoxy) is 2. The molecule has 1 N–H and O–H groups in total. The fraction of sp³-hybridized carbons (Fsp3) is 0.407. The van der Waals surface area contributed by atoms with Crippen molar-refractivity contribution in [2.24, 2.45) is 0 Å². The van der Waals surface area contributed by atoms with E-state index in [1.54, 1.807) is 53.5 Å². The lowest BCUT2D eigenvalue weighted by molar-refractivity contribution is -0.126. The van der Waals surface area contributed by atoms with Crippen LogP contribution in [0.3, 0.4) is 0 Å². The van der Waals surface area contributed by atoms with Gasteiger partial charge in [0.1, 0.15) is 17.3 Å². The van der Waals surface area contributed by atoms with Gasteiger partial charge >= 0.3 is 0 Å². The summed E-state index contributed by atoms with van der Waals surface area (Å²) in [5, 5.41) is 6.57. The quantitative estimate of drug-likeness (QED) is 0.249. The van der Waals surface area contributed by atoms with E-state index >= 15 is 0 Å². The molecule has 0 aliphatic carbocycles. The minimum atomic E-state index is -3.93. The van der Waals surface area contributed by atoms with E-state index in [1.807, 2.05) is 23.1 Å². The first-order valence-corrected chi connectivity index (χ1v) is 15.4. The SMILES string of the molecule is C=CCS(=O)(=O)C1(CC(=O)NCCc2ccc3c(c2)OCO3)CN(c2cc(Cl)nc(-n3ccnc3)n2)CCN1N(C)C. The van der Waals surface area contributed by atoms with E-state index in [1.165, 1.54) is 6.08 Å². The Morgan fingerprint density at radius 1 is 1.21 bits per heavy atom. The van der Waals surface area contributed by atoms with Gasteiger partial charge in [-0.3, -0.25) is 9.36 Å². The molecule has 0 radical (unpaired) electrons. The van der Waals surface area contributed by atoms with Gasteiger partial charge in [0, 0.05) is 52.2 Å². The second kappa shape index (κ2) is 12.3. The molecule has 224 valence electrons. The highest BCUT2D eigenvalue weighted by Crippen LogP contribution is 2.35. The maximum absolute atomic E-state index is 14.0. The summed E-state index contributed by atoms with van der Waals surface area (Å²) in [4.78, 5) is 26.6. The number of halogens is 1. The maximum atomic E-state index is 14.0. The molecule has 1 amide bonds. The summed E-state index contributed by atoms with van der Waals surface area (Å²) in [6.07, 6.45) is 6.41. The van der Waals surface area contributed by atoms with Crippen LogP contribution >= 0.6 is 11.6 Å². The molecule has 0 bridgehead atoms. The van der Waals surface area contributed by atoms with Crippen molar-refractivity contribution in [2.75, 3.05) is 57.7 Å². The molecular formula is C27H33ClN8O5S. The number of anilines is 1. The summed E-state index contributed by atoms with van der Waals surface area (Å²) < 4.78 is 40.4. The van der Waals surface area contributed by atoms with E-state index in [2.05, 4.69) is 26.8 Å². The molecule has 1 aromatic carbocycles. The Morgan fingerprint density at radius 3 is 2.76 bits per heavy atom. The summed E-state index contributed by atoms with van der Waals surface area (Å²) in [7, 11) is -0.395. The molecule has 3 aromatic rings. The number of imidazole rings is 1. The standard InChI is InChI=1S/C27H33ClN8O5S/c1-4-13-42(38,39)27(16-25(37)30-8-7-20-5-6-21-22(14-20)41-19-40-21)17-34(11-12-36(27)33(2)3)24-15-23(28)31-26(32-24)35-10-9-29-18-35/h4-6,9-10,14-15,18H,1,7-8,11-13,16-17,19H2,2-3H3,(H,30,37). The van der Waals surface area contributed by atoms with Crippen molar-refractivity contribution in [3.05, 3.63) is 66.4 Å². The van der Waals surface area contributed by atoms with E-state index in [0.717, 1.165) is 5.56 Å². The highest BCUT2D eigenvalue weighted by molar-refractivity contribution is 7.92. The van der Waals surface area contributed by atoms with Gasteiger partial charge in [-0.05, 0) is 24.1 Å². The number of hydrogen-bond acceptors (Lipinski definition) is 11. The van der Waals surface area contributed by atoms with Gasteiger partial charge in [-0.15, -0.1) is 6.58 Å². The topological polar surface area (TPSA) is 135 Å². The molecular weight excluding hydrogens is 584 g/mol. The Labute approximate surface area is 249 Å². The van der Waals surface area contributed by atoms with Crippen LogP contribution < -0.4 is 19.7 Å². The second-order valence-electron chi connectivity index (χ2n) is 10.2. The molecule has 0 spiro atoms. The van der Waals surface area contributed by atoms with Crippen LogP contribution in [0.1, 0.15) is 12.0 Å². The van der Waals surface area contributed by atoms with Crippen molar-refractivity contribution in [3.8, 4) is 17.4 Å². The molecule has 5 rings (SSSR count). The van der Waals surface area contributed by atoms with Gasteiger partial charge in [0.25, 0.3) is 0 Å². The number of nitrogens with zero attached hydrogens (tertiary/aromatic N) is 7. The average Bonchev–Trinajstić information content (AvgIpc) is 3.65. The number of nitrogens with one attached hydrogen (secondary N) is 1. The fourth-order valence-electron chi connectivity index (χ4n) is 5.27. The smallest absolute Gasteiger partial charge is 0.238 e. The molecule has 1 fully saturated rings. The zero-order chi connectivity index (χ0) is 29.9. The predicted molar refractivity (Wildman–Crippen MR) is 157 cm³/mol. The number of fused-ring (bicyclic) bond motifs is 1. The lowest BCUT2D eigenvalue weighted by Gasteiger charge is -2.51. The molecule has 1 atom stereocenters. The number of carbonyl (C=O) groups is 1. The van der Waals surface area contributed by atoms with E-state index in [-0.39, 0.29) is 30.7 Å². The molecule has 1 unspecified atom stereocenters. The summed E-state index contributed by atoms with van der Waals surface area (Å²) >= 11 is 6.36. The third-order valence-electron chi connectivity index (χ3n) is 7.23. The Kier molecular flexibility index (Phi) is 8.68. The van der Waals surface area contributed by atoms with Crippen LogP contribution in [0.2, 0.25) is 5.15 Å². The van der Waals surface area contributed by atoms with Crippen molar-refractivity contribution in [3.63, 3.8) is 0 Å². The average molecular weight is 617 g/mol. The first kappa shape index (κ1) is 29.8. The van der Waals surface area contributed by atoms with Crippen molar-refractivity contribution >= 4 is 33.2 Å². The summed E-state index contributed by atoms with van der Waals surface area (Å²) in [6.45, 7) is 4.88. The highest BCUT2D eigenvalue weighted by Gasteiger charge is 2.54. The minimum Gasteiger partial charge on any atom is -0.454 e. The van der Waals surface area contributed by atoms with Crippen molar-refractivity contribution < 1.29 is 22.7 Å². The van der Waals surface area contributed by atoms with Gasteiger partial charge < -0.3 is 19.7 Å². The lowest BCUT2D eigenvalue weighted by Crippen LogP contribution is -2.70. The third kappa shape index (κ3) is 6.07. The molecule has 15 heteroatoms. The number of hydrazine groups is 1. The van der Waals surface area contributed by atoms with Gasteiger partial charge in [-0.1, -0.05) is 23.7 Å². The van der Waals surface area contributed by atoms with Gasteiger partial charge in [0.15, 0.2) is 26.2 Å². The zero-order valence-corrected chi connectivity index (χ0v) is 25.0. The van der Waals surface area contributed by atoms with E-state index in [4.69, 9.17) is 21.1 Å². The number of carbonyl (C=O) groups excluding carboxylic acids is 1. The molecule has 2 aliphatic heterocycles. The summed E-state index contributed by atoms with van der Waals surface area (Å²) in [5.74, 6) is 1.39. The van der Waals surface area contributed by atoms with E-state index in [0.29, 0.717) is 49.3 Å².